The van der Waals surface area contributed by atoms with Gasteiger partial charge in [0, 0.05) is 36.6 Å². The van der Waals surface area contributed by atoms with Crippen LogP contribution in [0.2, 0.25) is 0 Å². The van der Waals surface area contributed by atoms with Crippen molar-refractivity contribution in [2.45, 2.75) is 13.0 Å². The Hall–Kier alpha value is -1.72. The van der Waals surface area contributed by atoms with Crippen molar-refractivity contribution in [1.29, 1.82) is 0 Å². The molecule has 20 heavy (non-hydrogen) atoms. The highest BCUT2D eigenvalue weighted by molar-refractivity contribution is 7.13. The highest BCUT2D eigenvalue weighted by atomic mass is 32.1. The van der Waals surface area contributed by atoms with E-state index in [2.05, 4.69) is 17.2 Å². The van der Waals surface area contributed by atoms with Crippen LogP contribution in [-0.2, 0) is 0 Å². The summed E-state index contributed by atoms with van der Waals surface area (Å²) in [6.07, 6.45) is 0. The maximum atomic E-state index is 12.5. The number of piperazine rings is 1. The van der Waals surface area contributed by atoms with Crippen molar-refractivity contribution in [1.82, 2.24) is 15.2 Å². The van der Waals surface area contributed by atoms with E-state index in [1.54, 1.807) is 0 Å². The predicted molar refractivity (Wildman–Crippen MR) is 80.9 cm³/mol. The van der Waals surface area contributed by atoms with Gasteiger partial charge in [-0.3, -0.25) is 4.79 Å². The molecule has 0 saturated carbocycles. The van der Waals surface area contributed by atoms with E-state index in [0.717, 1.165) is 30.2 Å². The minimum atomic E-state index is 0.0393. The zero-order valence-electron chi connectivity index (χ0n) is 11.4. The van der Waals surface area contributed by atoms with Gasteiger partial charge < -0.3 is 10.2 Å². The Morgan fingerprint density at radius 3 is 2.95 bits per heavy atom. The summed E-state index contributed by atoms with van der Waals surface area (Å²) in [5, 5.41) is 6.05. The lowest BCUT2D eigenvalue weighted by atomic mass is 10.2. The fourth-order valence-electron chi connectivity index (χ4n) is 2.38. The average molecular weight is 287 g/mol. The van der Waals surface area contributed by atoms with Crippen LogP contribution in [-0.4, -0.2) is 41.5 Å². The van der Waals surface area contributed by atoms with E-state index < -0.39 is 0 Å². The molecule has 1 saturated heterocycles. The first kappa shape index (κ1) is 13.3. The van der Waals surface area contributed by atoms with Gasteiger partial charge in [-0.25, -0.2) is 4.98 Å². The molecule has 104 valence electrons. The average Bonchev–Trinajstić information content (AvgIpc) is 2.98. The smallest absolute Gasteiger partial charge is 0.273 e. The number of benzene rings is 1. The summed E-state index contributed by atoms with van der Waals surface area (Å²) in [4.78, 5) is 18.9. The van der Waals surface area contributed by atoms with Crippen LogP contribution in [0.3, 0.4) is 0 Å². The Balaban J connectivity index is 1.81. The zero-order valence-corrected chi connectivity index (χ0v) is 12.2. The van der Waals surface area contributed by atoms with Crippen molar-refractivity contribution in [3.05, 3.63) is 41.4 Å². The number of nitrogens with zero attached hydrogens (tertiary/aromatic N) is 2. The Kier molecular flexibility index (Phi) is 3.80. The second-order valence-electron chi connectivity index (χ2n) is 4.96. The summed E-state index contributed by atoms with van der Waals surface area (Å²) in [6.45, 7) is 4.51. The van der Waals surface area contributed by atoms with Gasteiger partial charge in [0.2, 0.25) is 0 Å². The van der Waals surface area contributed by atoms with E-state index in [4.69, 9.17) is 0 Å². The number of hydrogen-bond acceptors (Lipinski definition) is 4. The second kappa shape index (κ2) is 5.73. The van der Waals surface area contributed by atoms with Crippen LogP contribution >= 0.6 is 11.3 Å². The fourth-order valence-corrected chi connectivity index (χ4v) is 3.18. The van der Waals surface area contributed by atoms with Gasteiger partial charge in [-0.1, -0.05) is 30.3 Å². The Morgan fingerprint density at radius 1 is 1.40 bits per heavy atom. The lowest BCUT2D eigenvalue weighted by molar-refractivity contribution is 0.0650. The molecule has 1 aromatic heterocycles. The summed E-state index contributed by atoms with van der Waals surface area (Å²) >= 11 is 1.52. The van der Waals surface area contributed by atoms with Crippen LogP contribution in [0, 0.1) is 0 Å². The molecule has 0 spiro atoms. The molecule has 1 aliphatic heterocycles. The van der Waals surface area contributed by atoms with Gasteiger partial charge >= 0.3 is 0 Å². The lowest BCUT2D eigenvalue weighted by Crippen LogP contribution is -2.52. The lowest BCUT2D eigenvalue weighted by Gasteiger charge is -2.33. The van der Waals surface area contributed by atoms with Gasteiger partial charge in [0.05, 0.1) is 0 Å². The molecule has 0 unspecified atom stereocenters. The molecule has 5 heteroatoms. The molecule has 1 atom stereocenters. The first-order chi connectivity index (χ1) is 9.75. The third kappa shape index (κ3) is 2.59. The van der Waals surface area contributed by atoms with Gasteiger partial charge in [-0.15, -0.1) is 11.3 Å². The van der Waals surface area contributed by atoms with Crippen LogP contribution < -0.4 is 5.32 Å². The number of rotatable bonds is 2. The van der Waals surface area contributed by atoms with Gasteiger partial charge in [-0.05, 0) is 6.92 Å². The fraction of sp³-hybridized carbons (Fsp3) is 0.333. The maximum absolute atomic E-state index is 12.5. The topological polar surface area (TPSA) is 45.2 Å². The van der Waals surface area contributed by atoms with Crippen LogP contribution in [0.15, 0.2) is 35.7 Å². The van der Waals surface area contributed by atoms with Gasteiger partial charge in [-0.2, -0.15) is 0 Å². The van der Waals surface area contributed by atoms with Gasteiger partial charge in [0.1, 0.15) is 10.7 Å². The SMILES string of the molecule is C[C@H]1CNCCN1C(=O)c1csc(-c2ccccc2)n1. The molecule has 2 heterocycles. The molecular formula is C15H17N3OS. The molecule has 1 aromatic carbocycles. The van der Waals surface area contributed by atoms with Crippen LogP contribution in [0.4, 0.5) is 0 Å². The quantitative estimate of drug-likeness (QED) is 0.921. The van der Waals surface area contributed by atoms with Crippen molar-refractivity contribution >= 4 is 17.2 Å². The number of carbonyl (C=O) groups is 1. The third-order valence-electron chi connectivity index (χ3n) is 3.51. The number of hydrogen-bond donors (Lipinski definition) is 1. The first-order valence-electron chi connectivity index (χ1n) is 6.78. The van der Waals surface area contributed by atoms with Crippen LogP contribution in [0.5, 0.6) is 0 Å². The molecule has 0 bridgehead atoms. The monoisotopic (exact) mass is 287 g/mol. The number of thiazole rings is 1. The predicted octanol–water partition coefficient (Wildman–Crippen LogP) is 2.24. The number of amides is 1. The summed E-state index contributed by atoms with van der Waals surface area (Å²) in [5.41, 5.74) is 1.62. The minimum Gasteiger partial charge on any atom is -0.332 e. The molecule has 3 rings (SSSR count). The molecule has 1 N–H and O–H groups in total. The largest absolute Gasteiger partial charge is 0.332 e. The van der Waals surface area contributed by atoms with E-state index in [9.17, 15) is 4.79 Å². The zero-order chi connectivity index (χ0) is 13.9. The molecule has 1 amide bonds. The molecule has 1 fully saturated rings. The van der Waals surface area contributed by atoms with Crippen molar-refractivity contribution < 1.29 is 4.79 Å². The second-order valence-corrected chi connectivity index (χ2v) is 5.81. The normalized spacial score (nSPS) is 19.1. The van der Waals surface area contributed by atoms with Crippen molar-refractivity contribution in [3.8, 4) is 10.6 Å². The summed E-state index contributed by atoms with van der Waals surface area (Å²) in [6, 6.07) is 10.2. The van der Waals surface area contributed by atoms with Crippen molar-refractivity contribution in [2.75, 3.05) is 19.6 Å². The maximum Gasteiger partial charge on any atom is 0.273 e. The summed E-state index contributed by atoms with van der Waals surface area (Å²) in [7, 11) is 0. The van der Waals surface area contributed by atoms with Gasteiger partial charge in [0.25, 0.3) is 5.91 Å². The van der Waals surface area contributed by atoms with Crippen LogP contribution in [0.1, 0.15) is 17.4 Å². The molecule has 0 radical (unpaired) electrons. The summed E-state index contributed by atoms with van der Waals surface area (Å²) in [5.74, 6) is 0.0393. The molecule has 4 nitrogen and oxygen atoms in total. The van der Waals surface area contributed by atoms with E-state index >= 15 is 0 Å². The Bertz CT molecular complexity index is 596. The third-order valence-corrected chi connectivity index (χ3v) is 4.40. The van der Waals surface area contributed by atoms with E-state index in [1.807, 2.05) is 40.6 Å². The van der Waals surface area contributed by atoms with E-state index in [0.29, 0.717) is 5.69 Å². The molecular weight excluding hydrogens is 270 g/mol. The Morgan fingerprint density at radius 2 is 2.20 bits per heavy atom. The highest BCUT2D eigenvalue weighted by Crippen LogP contribution is 2.24. The Labute approximate surface area is 122 Å². The van der Waals surface area contributed by atoms with Crippen LogP contribution in [0.25, 0.3) is 10.6 Å². The van der Waals surface area contributed by atoms with Gasteiger partial charge in [0.15, 0.2) is 0 Å². The number of aromatic nitrogens is 1. The minimum absolute atomic E-state index is 0.0393. The first-order valence-corrected chi connectivity index (χ1v) is 7.66. The van der Waals surface area contributed by atoms with Crippen molar-refractivity contribution in [3.63, 3.8) is 0 Å². The van der Waals surface area contributed by atoms with E-state index in [1.165, 1.54) is 11.3 Å². The summed E-state index contributed by atoms with van der Waals surface area (Å²) < 4.78 is 0. The number of carbonyl (C=O) groups excluding carboxylic acids is 1. The molecule has 2 aromatic rings. The standard InChI is InChI=1S/C15H17N3OS/c1-11-9-16-7-8-18(11)15(19)13-10-20-14(17-13)12-5-3-2-4-6-12/h2-6,10-11,16H,7-9H2,1H3/t11-/m0/s1. The van der Waals surface area contributed by atoms with E-state index in [-0.39, 0.29) is 11.9 Å². The molecule has 1 aliphatic rings. The molecule has 0 aliphatic carbocycles. The number of nitrogens with one attached hydrogen (secondary N) is 1. The van der Waals surface area contributed by atoms with Crippen molar-refractivity contribution in [2.24, 2.45) is 0 Å². The highest BCUT2D eigenvalue weighted by Gasteiger charge is 2.25.